The molecule has 0 amide bonds. The summed E-state index contributed by atoms with van der Waals surface area (Å²) in [6, 6.07) is 11.0. The molecule has 4 N–H and O–H groups in total. The highest BCUT2D eigenvalue weighted by Gasteiger charge is 2.14. The zero-order chi connectivity index (χ0) is 24.3. The minimum absolute atomic E-state index is 0.184. The number of nitrogen functional groups attached to an aromatic ring is 1. The molecular weight excluding hydrogens is 434 g/mol. The highest BCUT2D eigenvalue weighted by Crippen LogP contribution is 2.29. The molecule has 3 aromatic rings. The largest absolute Gasteiger partial charge is 0.491 e. The number of pyridine rings is 1. The van der Waals surface area contributed by atoms with E-state index in [4.69, 9.17) is 24.9 Å². The number of nitrogens with zero attached hydrogens (tertiary/aromatic N) is 3. The Kier molecular flexibility index (Phi) is 9.57. The summed E-state index contributed by atoms with van der Waals surface area (Å²) in [6.45, 7) is 4.52. The molecule has 9 nitrogen and oxygen atoms in total. The summed E-state index contributed by atoms with van der Waals surface area (Å²) in [6.07, 6.45) is 3.66. The Labute approximate surface area is 200 Å². The van der Waals surface area contributed by atoms with Crippen molar-refractivity contribution >= 4 is 5.82 Å². The number of benzene rings is 1. The van der Waals surface area contributed by atoms with E-state index in [2.05, 4.69) is 15.3 Å². The van der Waals surface area contributed by atoms with Crippen molar-refractivity contribution in [2.45, 2.75) is 25.9 Å². The van der Waals surface area contributed by atoms with Crippen LogP contribution in [0.5, 0.6) is 11.6 Å². The maximum atomic E-state index is 9.82. The fraction of sp³-hybridized carbons (Fsp3) is 0.400. The Morgan fingerprint density at radius 2 is 1.94 bits per heavy atom. The van der Waals surface area contributed by atoms with Crippen LogP contribution < -0.4 is 20.5 Å². The number of hydrogen-bond acceptors (Lipinski definition) is 9. The van der Waals surface area contributed by atoms with Crippen LogP contribution in [-0.4, -0.2) is 66.7 Å². The van der Waals surface area contributed by atoms with Crippen LogP contribution in [0.3, 0.4) is 0 Å². The van der Waals surface area contributed by atoms with Crippen molar-refractivity contribution in [3.63, 3.8) is 0 Å². The van der Waals surface area contributed by atoms with E-state index < -0.39 is 6.10 Å². The Balaban J connectivity index is 0.000000574. The molecule has 1 fully saturated rings. The highest BCUT2D eigenvalue weighted by atomic mass is 16.5. The van der Waals surface area contributed by atoms with Gasteiger partial charge in [-0.3, -0.25) is 0 Å². The van der Waals surface area contributed by atoms with Gasteiger partial charge in [0.2, 0.25) is 5.88 Å². The van der Waals surface area contributed by atoms with Gasteiger partial charge in [-0.2, -0.15) is 0 Å². The first kappa shape index (κ1) is 25.4. The van der Waals surface area contributed by atoms with E-state index in [0.717, 1.165) is 29.9 Å². The van der Waals surface area contributed by atoms with Crippen molar-refractivity contribution in [2.24, 2.45) is 0 Å². The van der Waals surface area contributed by atoms with Crippen molar-refractivity contribution in [1.82, 2.24) is 20.3 Å². The molecule has 0 saturated carbocycles. The molecule has 1 unspecified atom stereocenters. The topological polar surface area (TPSA) is 125 Å². The number of aromatic nitrogens is 3. The molecule has 34 heavy (non-hydrogen) atoms. The van der Waals surface area contributed by atoms with Gasteiger partial charge in [0, 0.05) is 48.7 Å². The Morgan fingerprint density at radius 1 is 1.15 bits per heavy atom. The Hall–Kier alpha value is -3.27. The third-order valence-electron chi connectivity index (χ3n) is 5.20. The summed E-state index contributed by atoms with van der Waals surface area (Å²) in [5, 5.41) is 12.7. The van der Waals surface area contributed by atoms with E-state index in [1.54, 1.807) is 26.4 Å². The average molecular weight is 468 g/mol. The van der Waals surface area contributed by atoms with Gasteiger partial charge in [-0.25, -0.2) is 15.0 Å². The van der Waals surface area contributed by atoms with Crippen molar-refractivity contribution in [2.75, 3.05) is 46.3 Å². The summed E-state index contributed by atoms with van der Waals surface area (Å²) in [7, 11) is 3.35. The fourth-order valence-corrected chi connectivity index (χ4v) is 3.31. The van der Waals surface area contributed by atoms with E-state index in [-0.39, 0.29) is 6.61 Å². The molecule has 3 heterocycles. The van der Waals surface area contributed by atoms with Gasteiger partial charge in [0.15, 0.2) is 5.82 Å². The first-order valence-corrected chi connectivity index (χ1v) is 11.3. The maximum Gasteiger partial charge on any atom is 0.212 e. The van der Waals surface area contributed by atoms with Crippen LogP contribution in [0, 0.1) is 6.92 Å². The van der Waals surface area contributed by atoms with Crippen molar-refractivity contribution in [3.8, 4) is 34.3 Å². The summed E-state index contributed by atoms with van der Waals surface area (Å²) < 4.78 is 15.7. The number of aliphatic hydroxyl groups is 1. The lowest BCUT2D eigenvalue weighted by molar-refractivity contribution is 0.108. The molecule has 2 aromatic heterocycles. The van der Waals surface area contributed by atoms with Crippen LogP contribution in [0.25, 0.3) is 22.6 Å². The zero-order valence-electron chi connectivity index (χ0n) is 20.0. The number of rotatable bonds is 8. The average Bonchev–Trinajstić information content (AvgIpc) is 3.45. The van der Waals surface area contributed by atoms with Gasteiger partial charge in [0.25, 0.3) is 0 Å². The summed E-state index contributed by atoms with van der Waals surface area (Å²) in [4.78, 5) is 13.4. The summed E-state index contributed by atoms with van der Waals surface area (Å²) in [5.74, 6) is 2.03. The second-order valence-corrected chi connectivity index (χ2v) is 7.87. The molecule has 1 aromatic carbocycles. The number of anilines is 1. The molecule has 0 aliphatic carbocycles. The van der Waals surface area contributed by atoms with E-state index in [0.29, 0.717) is 35.5 Å². The smallest absolute Gasteiger partial charge is 0.212 e. The molecule has 1 aliphatic rings. The monoisotopic (exact) mass is 467 g/mol. The molecule has 0 radical (unpaired) electrons. The zero-order valence-corrected chi connectivity index (χ0v) is 20.0. The Bertz CT molecular complexity index is 1030. The van der Waals surface area contributed by atoms with Gasteiger partial charge in [0.05, 0.1) is 12.8 Å². The second kappa shape index (κ2) is 12.8. The number of nitrogens with two attached hydrogens (primary N) is 1. The van der Waals surface area contributed by atoms with E-state index in [1.165, 1.54) is 12.8 Å². The number of methoxy groups -OCH3 is 1. The fourth-order valence-electron chi connectivity index (χ4n) is 3.31. The normalized spacial score (nSPS) is 13.6. The second-order valence-electron chi connectivity index (χ2n) is 7.87. The van der Waals surface area contributed by atoms with Crippen molar-refractivity contribution in [3.05, 3.63) is 48.2 Å². The first-order chi connectivity index (χ1) is 16.5. The molecule has 1 aliphatic heterocycles. The molecule has 182 valence electrons. The van der Waals surface area contributed by atoms with Crippen LogP contribution in [0.2, 0.25) is 0 Å². The van der Waals surface area contributed by atoms with Crippen LogP contribution >= 0.6 is 0 Å². The standard InChI is InChI=1S/C21H25N5O3.C4H8O/c1-13-19(15-7-8-18(28-3)24-10-15)25-21(26-20(13)22)14-5-4-6-17(9-14)29-12-16(27)11-23-2;1-2-4-5-3-1/h4-10,16,23,27H,11-12H2,1-3H3,(H2,22,25,26);1-4H2. The molecule has 4 rings (SSSR count). The minimum Gasteiger partial charge on any atom is -0.491 e. The van der Waals surface area contributed by atoms with Crippen LogP contribution in [0.1, 0.15) is 18.4 Å². The van der Waals surface area contributed by atoms with Crippen molar-refractivity contribution in [1.29, 1.82) is 0 Å². The third-order valence-corrected chi connectivity index (χ3v) is 5.20. The van der Waals surface area contributed by atoms with Gasteiger partial charge < -0.3 is 30.4 Å². The molecule has 1 saturated heterocycles. The van der Waals surface area contributed by atoms with Crippen LogP contribution in [0.15, 0.2) is 42.6 Å². The minimum atomic E-state index is -0.593. The van der Waals surface area contributed by atoms with Crippen LogP contribution in [-0.2, 0) is 4.74 Å². The predicted molar refractivity (Wildman–Crippen MR) is 132 cm³/mol. The van der Waals surface area contributed by atoms with Gasteiger partial charge in [-0.1, -0.05) is 12.1 Å². The van der Waals surface area contributed by atoms with E-state index in [1.807, 2.05) is 37.3 Å². The lowest BCUT2D eigenvalue weighted by Crippen LogP contribution is -2.29. The number of ether oxygens (including phenoxy) is 3. The van der Waals surface area contributed by atoms with E-state index in [9.17, 15) is 5.11 Å². The van der Waals surface area contributed by atoms with Crippen LogP contribution in [0.4, 0.5) is 5.82 Å². The number of aliphatic hydroxyl groups excluding tert-OH is 1. The van der Waals surface area contributed by atoms with Gasteiger partial charge in [-0.15, -0.1) is 0 Å². The predicted octanol–water partition coefficient (Wildman–Crippen LogP) is 2.86. The third kappa shape index (κ3) is 7.11. The van der Waals surface area contributed by atoms with Gasteiger partial charge >= 0.3 is 0 Å². The lowest BCUT2D eigenvalue weighted by Gasteiger charge is -2.13. The number of nitrogens with one attached hydrogen (secondary N) is 1. The first-order valence-electron chi connectivity index (χ1n) is 11.3. The van der Waals surface area contributed by atoms with Crippen molar-refractivity contribution < 1.29 is 19.3 Å². The summed E-state index contributed by atoms with van der Waals surface area (Å²) in [5.41, 5.74) is 9.23. The SMILES string of the molecule is C1CCOC1.CNCC(O)COc1cccc(-c2nc(N)c(C)c(-c3ccc(OC)nc3)n2)c1. The summed E-state index contributed by atoms with van der Waals surface area (Å²) >= 11 is 0. The Morgan fingerprint density at radius 3 is 2.56 bits per heavy atom. The number of likely N-dealkylation sites (N-methyl/N-ethyl adjacent to an activating group) is 1. The van der Waals surface area contributed by atoms with Gasteiger partial charge in [0.1, 0.15) is 24.3 Å². The molecular formula is C25H33N5O4. The van der Waals surface area contributed by atoms with Gasteiger partial charge in [-0.05, 0) is 45.0 Å². The highest BCUT2D eigenvalue weighted by molar-refractivity contribution is 5.71. The molecule has 9 heteroatoms. The lowest BCUT2D eigenvalue weighted by atomic mass is 10.1. The molecule has 0 bridgehead atoms. The van der Waals surface area contributed by atoms with E-state index >= 15 is 0 Å². The number of hydrogen-bond donors (Lipinski definition) is 3. The molecule has 0 spiro atoms. The maximum absolute atomic E-state index is 9.82. The molecule has 1 atom stereocenters. The quantitative estimate of drug-likeness (QED) is 0.458.